The number of ether oxygens (including phenoxy) is 6. The molecule has 248 valence electrons. The highest BCUT2D eigenvalue weighted by atomic mass is 16.6. The highest BCUT2D eigenvalue weighted by Crippen LogP contribution is 2.38. The Balaban J connectivity index is 2.01. The molecular formula is C34H43N3O9. The van der Waals surface area contributed by atoms with E-state index < -0.39 is 29.9 Å². The van der Waals surface area contributed by atoms with Crippen molar-refractivity contribution in [2.45, 2.75) is 52.1 Å². The third-order valence-electron chi connectivity index (χ3n) is 7.73. The van der Waals surface area contributed by atoms with Gasteiger partial charge >= 0.3 is 5.97 Å². The van der Waals surface area contributed by atoms with Crippen LogP contribution in [0.4, 0.5) is 0 Å². The van der Waals surface area contributed by atoms with Crippen LogP contribution in [0.1, 0.15) is 61.6 Å². The van der Waals surface area contributed by atoms with Gasteiger partial charge in [0.2, 0.25) is 11.7 Å². The number of pyridine rings is 1. The molecule has 12 heteroatoms. The van der Waals surface area contributed by atoms with Gasteiger partial charge < -0.3 is 39.1 Å². The fraction of sp³-hybridized carbons (Fsp3) is 0.412. The van der Waals surface area contributed by atoms with E-state index in [0.29, 0.717) is 29.4 Å². The quantitative estimate of drug-likeness (QED) is 0.228. The number of nitrogens with zero attached hydrogens (tertiary/aromatic N) is 1. The summed E-state index contributed by atoms with van der Waals surface area (Å²) in [7, 11) is 7.62. The Hall–Kier alpha value is -5.00. The van der Waals surface area contributed by atoms with E-state index in [1.165, 1.54) is 26.3 Å². The summed E-state index contributed by atoms with van der Waals surface area (Å²) in [6, 6.07) is 11.2. The smallest absolute Gasteiger partial charge is 0.308 e. The van der Waals surface area contributed by atoms with E-state index in [0.717, 1.165) is 11.1 Å². The number of carbonyl (C=O) groups is 3. The number of hydrogen-bond acceptors (Lipinski definition) is 10. The Kier molecular flexibility index (Phi) is 12.6. The van der Waals surface area contributed by atoms with Crippen molar-refractivity contribution in [2.24, 2.45) is 5.92 Å². The zero-order valence-corrected chi connectivity index (χ0v) is 27.8. The lowest BCUT2D eigenvalue weighted by Gasteiger charge is -2.30. The fourth-order valence-corrected chi connectivity index (χ4v) is 5.17. The molecule has 3 aromatic rings. The number of amides is 2. The molecule has 12 nitrogen and oxygen atoms in total. The summed E-state index contributed by atoms with van der Waals surface area (Å²) in [4.78, 5) is 43.4. The molecule has 0 aliphatic carbocycles. The molecule has 0 bridgehead atoms. The van der Waals surface area contributed by atoms with Crippen molar-refractivity contribution in [3.63, 3.8) is 0 Å². The Morgan fingerprint density at radius 3 is 1.72 bits per heavy atom. The predicted octanol–water partition coefficient (Wildman–Crippen LogP) is 4.53. The summed E-state index contributed by atoms with van der Waals surface area (Å²) in [6.07, 6.45) is 1.95. The SMILES string of the molecule is CC[C@H](C)[C@H](NC(=O)c1nccc(OC)c1OC(C)=O)C(=O)N[C@@H](C)C(c1ccc(OC)c(OC)c1)c1ccc(OC)c(OC)c1. The molecule has 46 heavy (non-hydrogen) atoms. The van der Waals surface area contributed by atoms with Crippen LogP contribution in [0.25, 0.3) is 0 Å². The molecule has 0 unspecified atom stereocenters. The molecule has 2 amide bonds. The normalized spacial score (nSPS) is 12.7. The van der Waals surface area contributed by atoms with Crippen LogP contribution in [0, 0.1) is 5.92 Å². The summed E-state index contributed by atoms with van der Waals surface area (Å²) in [5.74, 6) is -0.187. The summed E-state index contributed by atoms with van der Waals surface area (Å²) < 4.78 is 32.6. The lowest BCUT2D eigenvalue weighted by atomic mass is 9.85. The topological polar surface area (TPSA) is 144 Å². The van der Waals surface area contributed by atoms with Crippen molar-refractivity contribution in [3.05, 3.63) is 65.5 Å². The molecule has 3 atom stereocenters. The van der Waals surface area contributed by atoms with Crippen molar-refractivity contribution in [1.29, 1.82) is 0 Å². The molecular weight excluding hydrogens is 594 g/mol. The molecule has 0 saturated heterocycles. The molecule has 0 fully saturated rings. The van der Waals surface area contributed by atoms with Crippen LogP contribution in [0.3, 0.4) is 0 Å². The van der Waals surface area contributed by atoms with Crippen LogP contribution < -0.4 is 39.1 Å². The Labute approximate surface area is 269 Å². The van der Waals surface area contributed by atoms with E-state index in [9.17, 15) is 14.4 Å². The first-order chi connectivity index (χ1) is 22.0. The van der Waals surface area contributed by atoms with Gasteiger partial charge in [0, 0.05) is 31.1 Å². The van der Waals surface area contributed by atoms with E-state index in [2.05, 4.69) is 15.6 Å². The van der Waals surface area contributed by atoms with Gasteiger partial charge in [0.15, 0.2) is 34.4 Å². The number of esters is 1. The molecule has 0 saturated carbocycles. The first kappa shape index (κ1) is 35.5. The second-order valence-electron chi connectivity index (χ2n) is 10.6. The van der Waals surface area contributed by atoms with E-state index >= 15 is 0 Å². The molecule has 0 radical (unpaired) electrons. The molecule has 3 rings (SSSR count). The van der Waals surface area contributed by atoms with Crippen LogP contribution in [-0.4, -0.2) is 70.4 Å². The summed E-state index contributed by atoms with van der Waals surface area (Å²) in [5.41, 5.74) is 1.50. The van der Waals surface area contributed by atoms with Crippen LogP contribution >= 0.6 is 0 Å². The number of nitrogens with one attached hydrogen (secondary N) is 2. The third-order valence-corrected chi connectivity index (χ3v) is 7.73. The van der Waals surface area contributed by atoms with Gasteiger partial charge in [-0.05, 0) is 48.2 Å². The van der Waals surface area contributed by atoms with Gasteiger partial charge in [0.25, 0.3) is 5.91 Å². The largest absolute Gasteiger partial charge is 0.493 e. The number of hydrogen-bond donors (Lipinski definition) is 2. The second-order valence-corrected chi connectivity index (χ2v) is 10.6. The molecule has 0 spiro atoms. The maximum Gasteiger partial charge on any atom is 0.308 e. The van der Waals surface area contributed by atoms with Gasteiger partial charge in [0.1, 0.15) is 6.04 Å². The zero-order chi connectivity index (χ0) is 34.0. The van der Waals surface area contributed by atoms with Crippen LogP contribution in [0.2, 0.25) is 0 Å². The standard InChI is InChI=1S/C34H43N3O9/c1-10-19(2)30(37-34(40)31-32(46-21(4)38)26(43-7)15-16-35-31)33(39)36-20(3)29(22-11-13-24(41-5)27(17-22)44-8)23-12-14-25(42-6)28(18-23)45-9/h11-20,29-30H,10H2,1-9H3,(H,36,39)(H,37,40)/t19-,20-,30-/m0/s1. The van der Waals surface area contributed by atoms with Crippen LogP contribution in [-0.2, 0) is 9.59 Å². The molecule has 1 heterocycles. The summed E-state index contributed by atoms with van der Waals surface area (Å²) in [5, 5.41) is 5.93. The van der Waals surface area contributed by atoms with Gasteiger partial charge in [-0.25, -0.2) is 4.98 Å². The van der Waals surface area contributed by atoms with E-state index in [4.69, 9.17) is 28.4 Å². The monoisotopic (exact) mass is 637 g/mol. The van der Waals surface area contributed by atoms with E-state index in [1.54, 1.807) is 40.6 Å². The van der Waals surface area contributed by atoms with E-state index in [1.807, 2.05) is 45.0 Å². The maximum atomic E-state index is 14.0. The van der Waals surface area contributed by atoms with Gasteiger partial charge in [-0.15, -0.1) is 0 Å². The van der Waals surface area contributed by atoms with Crippen LogP contribution in [0.15, 0.2) is 48.7 Å². The molecule has 0 aliphatic rings. The van der Waals surface area contributed by atoms with Gasteiger partial charge in [0.05, 0.1) is 35.5 Å². The number of rotatable bonds is 15. The van der Waals surface area contributed by atoms with Crippen molar-refractivity contribution in [1.82, 2.24) is 15.6 Å². The Bertz CT molecular complexity index is 1470. The average Bonchev–Trinajstić information content (AvgIpc) is 3.06. The first-order valence-electron chi connectivity index (χ1n) is 14.8. The zero-order valence-electron chi connectivity index (χ0n) is 27.8. The number of benzene rings is 2. The van der Waals surface area contributed by atoms with Crippen molar-refractivity contribution in [2.75, 3.05) is 35.5 Å². The minimum absolute atomic E-state index is 0.131. The van der Waals surface area contributed by atoms with Crippen molar-refractivity contribution in [3.8, 4) is 34.5 Å². The summed E-state index contributed by atoms with van der Waals surface area (Å²) in [6.45, 7) is 6.87. The average molecular weight is 638 g/mol. The number of methoxy groups -OCH3 is 5. The molecule has 2 N–H and O–H groups in total. The van der Waals surface area contributed by atoms with Crippen molar-refractivity contribution < 1.29 is 42.8 Å². The second kappa shape index (κ2) is 16.4. The molecule has 1 aromatic heterocycles. The maximum absolute atomic E-state index is 14.0. The minimum atomic E-state index is -0.949. The molecule has 0 aliphatic heterocycles. The van der Waals surface area contributed by atoms with Crippen LogP contribution in [0.5, 0.6) is 34.5 Å². The molecule has 2 aromatic carbocycles. The van der Waals surface area contributed by atoms with Gasteiger partial charge in [-0.2, -0.15) is 0 Å². The highest BCUT2D eigenvalue weighted by Gasteiger charge is 2.32. The lowest BCUT2D eigenvalue weighted by Crippen LogP contribution is -2.53. The van der Waals surface area contributed by atoms with Gasteiger partial charge in [-0.3, -0.25) is 14.4 Å². The third kappa shape index (κ3) is 8.17. The van der Waals surface area contributed by atoms with Gasteiger partial charge in [-0.1, -0.05) is 32.4 Å². The minimum Gasteiger partial charge on any atom is -0.493 e. The fourth-order valence-electron chi connectivity index (χ4n) is 5.17. The predicted molar refractivity (Wildman–Crippen MR) is 171 cm³/mol. The Morgan fingerprint density at radius 2 is 1.26 bits per heavy atom. The Morgan fingerprint density at radius 1 is 0.739 bits per heavy atom. The van der Waals surface area contributed by atoms with Crippen molar-refractivity contribution >= 4 is 17.8 Å². The first-order valence-corrected chi connectivity index (χ1v) is 14.8. The lowest BCUT2D eigenvalue weighted by molar-refractivity contribution is -0.132. The number of aromatic nitrogens is 1. The number of carbonyl (C=O) groups excluding carboxylic acids is 3. The van der Waals surface area contributed by atoms with E-state index in [-0.39, 0.29) is 29.0 Å². The highest BCUT2D eigenvalue weighted by molar-refractivity contribution is 5.99. The summed E-state index contributed by atoms with van der Waals surface area (Å²) >= 11 is 0.